The van der Waals surface area contributed by atoms with E-state index in [9.17, 15) is 4.21 Å². The maximum Gasteiger partial charge on any atom is 0.0504 e. The van der Waals surface area contributed by atoms with Gasteiger partial charge in [-0.25, -0.2) is 0 Å². The van der Waals surface area contributed by atoms with Gasteiger partial charge >= 0.3 is 0 Å². The Labute approximate surface area is 119 Å². The molecule has 0 bridgehead atoms. The number of hydrogen-bond acceptors (Lipinski definition) is 2. The third-order valence-electron chi connectivity index (χ3n) is 3.95. The molecule has 2 rings (SSSR count). The molecule has 1 fully saturated rings. The maximum atomic E-state index is 12.4. The van der Waals surface area contributed by atoms with Gasteiger partial charge in [0.2, 0.25) is 0 Å². The lowest BCUT2D eigenvalue weighted by Crippen LogP contribution is -2.43. The van der Waals surface area contributed by atoms with Crippen molar-refractivity contribution in [1.82, 2.24) is 0 Å². The van der Waals surface area contributed by atoms with E-state index in [1.165, 1.54) is 5.56 Å². The van der Waals surface area contributed by atoms with Crippen LogP contribution in [-0.4, -0.2) is 21.3 Å². The van der Waals surface area contributed by atoms with Crippen LogP contribution < -0.4 is 5.73 Å². The standard InChI is InChI=1S/C16H25NOS/c1-12(2)11-19(18)16-10-14(8-9-15(16)17)13-6-4-3-5-7-13/h3-7,12,14-16H,8-11,17H2,1-2H3. The average Bonchev–Trinajstić information content (AvgIpc) is 2.39. The predicted molar refractivity (Wildman–Crippen MR) is 82.6 cm³/mol. The van der Waals surface area contributed by atoms with E-state index in [2.05, 4.69) is 38.1 Å². The SMILES string of the molecule is CC(C)CS(=O)C1CC(c2ccccc2)CCC1N. The topological polar surface area (TPSA) is 43.1 Å². The number of rotatable bonds is 4. The molecule has 106 valence electrons. The summed E-state index contributed by atoms with van der Waals surface area (Å²) in [5.41, 5.74) is 7.58. The van der Waals surface area contributed by atoms with Crippen molar-refractivity contribution in [1.29, 1.82) is 0 Å². The van der Waals surface area contributed by atoms with Crippen LogP contribution in [0.15, 0.2) is 30.3 Å². The van der Waals surface area contributed by atoms with E-state index in [0.29, 0.717) is 11.8 Å². The fourth-order valence-electron chi connectivity index (χ4n) is 2.93. The van der Waals surface area contributed by atoms with Crippen molar-refractivity contribution < 1.29 is 4.21 Å². The summed E-state index contributed by atoms with van der Waals surface area (Å²) in [7, 11) is -0.786. The normalized spacial score (nSPS) is 29.4. The minimum Gasteiger partial charge on any atom is -0.327 e. The minimum atomic E-state index is -0.786. The summed E-state index contributed by atoms with van der Waals surface area (Å²) >= 11 is 0. The molecule has 2 nitrogen and oxygen atoms in total. The molecule has 1 aromatic carbocycles. The van der Waals surface area contributed by atoms with E-state index in [1.807, 2.05) is 6.07 Å². The van der Waals surface area contributed by atoms with Gasteiger partial charge in [0.1, 0.15) is 0 Å². The Morgan fingerprint density at radius 3 is 2.58 bits per heavy atom. The largest absolute Gasteiger partial charge is 0.327 e. The molecule has 0 radical (unpaired) electrons. The fourth-order valence-corrected chi connectivity index (χ4v) is 4.81. The van der Waals surface area contributed by atoms with Gasteiger partial charge < -0.3 is 5.73 Å². The highest BCUT2D eigenvalue weighted by Gasteiger charge is 2.32. The molecule has 2 N–H and O–H groups in total. The van der Waals surface area contributed by atoms with E-state index in [-0.39, 0.29) is 11.3 Å². The smallest absolute Gasteiger partial charge is 0.0504 e. The van der Waals surface area contributed by atoms with Gasteiger partial charge in [0.05, 0.1) is 5.25 Å². The Balaban J connectivity index is 2.06. The number of hydrogen-bond donors (Lipinski definition) is 1. The molecule has 0 aliphatic heterocycles. The van der Waals surface area contributed by atoms with Gasteiger partial charge in [-0.3, -0.25) is 4.21 Å². The van der Waals surface area contributed by atoms with E-state index in [4.69, 9.17) is 5.73 Å². The van der Waals surface area contributed by atoms with Crippen LogP contribution in [-0.2, 0) is 10.8 Å². The van der Waals surface area contributed by atoms with Crippen molar-refractivity contribution in [3.05, 3.63) is 35.9 Å². The molecule has 0 saturated heterocycles. The molecular formula is C16H25NOS. The molecule has 4 atom stereocenters. The van der Waals surface area contributed by atoms with Crippen molar-refractivity contribution in [3.8, 4) is 0 Å². The predicted octanol–water partition coefficient (Wildman–Crippen LogP) is 3.05. The van der Waals surface area contributed by atoms with E-state index in [0.717, 1.165) is 25.0 Å². The first-order chi connectivity index (χ1) is 9.08. The highest BCUT2D eigenvalue weighted by Crippen LogP contribution is 2.34. The monoisotopic (exact) mass is 279 g/mol. The number of nitrogens with two attached hydrogens (primary N) is 1. The summed E-state index contributed by atoms with van der Waals surface area (Å²) in [5.74, 6) is 1.78. The van der Waals surface area contributed by atoms with Crippen LogP contribution in [0.4, 0.5) is 0 Å². The molecule has 0 amide bonds. The molecule has 0 heterocycles. The zero-order chi connectivity index (χ0) is 13.8. The Hall–Kier alpha value is -0.670. The van der Waals surface area contributed by atoms with Crippen molar-refractivity contribution in [3.63, 3.8) is 0 Å². The zero-order valence-electron chi connectivity index (χ0n) is 11.9. The Morgan fingerprint density at radius 2 is 1.95 bits per heavy atom. The van der Waals surface area contributed by atoms with E-state index >= 15 is 0 Å². The summed E-state index contributed by atoms with van der Waals surface area (Å²) in [4.78, 5) is 0. The van der Waals surface area contributed by atoms with Crippen molar-refractivity contribution in [2.24, 2.45) is 11.7 Å². The lowest BCUT2D eigenvalue weighted by Gasteiger charge is -2.34. The van der Waals surface area contributed by atoms with Crippen LogP contribution in [0.25, 0.3) is 0 Å². The third kappa shape index (κ3) is 3.90. The minimum absolute atomic E-state index is 0.111. The fraction of sp³-hybridized carbons (Fsp3) is 0.625. The van der Waals surface area contributed by atoms with Gasteiger partial charge in [-0.15, -0.1) is 0 Å². The molecule has 0 aromatic heterocycles. The van der Waals surface area contributed by atoms with Crippen LogP contribution in [0.2, 0.25) is 0 Å². The van der Waals surface area contributed by atoms with Crippen LogP contribution >= 0.6 is 0 Å². The van der Waals surface area contributed by atoms with Gasteiger partial charge in [0.25, 0.3) is 0 Å². The molecule has 1 aliphatic carbocycles. The molecule has 4 unspecified atom stereocenters. The lowest BCUT2D eigenvalue weighted by atomic mass is 9.82. The average molecular weight is 279 g/mol. The second-order valence-corrected chi connectivity index (χ2v) is 7.76. The number of benzene rings is 1. The van der Waals surface area contributed by atoms with Crippen LogP contribution in [0, 0.1) is 5.92 Å². The molecule has 1 aromatic rings. The zero-order valence-corrected chi connectivity index (χ0v) is 12.7. The summed E-state index contributed by atoms with van der Waals surface area (Å²) in [6, 6.07) is 10.7. The van der Waals surface area contributed by atoms with Gasteiger partial charge in [0.15, 0.2) is 0 Å². The summed E-state index contributed by atoms with van der Waals surface area (Å²) in [6.07, 6.45) is 3.10. The molecule has 3 heteroatoms. The van der Waals surface area contributed by atoms with Crippen LogP contribution in [0.1, 0.15) is 44.6 Å². The van der Waals surface area contributed by atoms with Crippen molar-refractivity contribution in [2.75, 3.05) is 5.75 Å². The Bertz CT molecular complexity index is 418. The molecule has 1 saturated carbocycles. The maximum absolute atomic E-state index is 12.4. The van der Waals surface area contributed by atoms with Crippen LogP contribution in [0.5, 0.6) is 0 Å². The van der Waals surface area contributed by atoms with E-state index in [1.54, 1.807) is 0 Å². The summed E-state index contributed by atoms with van der Waals surface area (Å²) < 4.78 is 12.4. The molecular weight excluding hydrogens is 254 g/mol. The van der Waals surface area contributed by atoms with Gasteiger partial charge in [-0.1, -0.05) is 44.2 Å². The second-order valence-electron chi connectivity index (χ2n) is 6.06. The van der Waals surface area contributed by atoms with Gasteiger partial charge in [-0.05, 0) is 36.7 Å². The Kier molecular flexibility index (Phi) is 5.17. The first-order valence-corrected chi connectivity index (χ1v) is 8.64. The lowest BCUT2D eigenvalue weighted by molar-refractivity contribution is 0.399. The Morgan fingerprint density at radius 1 is 1.26 bits per heavy atom. The highest BCUT2D eigenvalue weighted by molar-refractivity contribution is 7.85. The quantitative estimate of drug-likeness (QED) is 0.920. The summed E-state index contributed by atoms with van der Waals surface area (Å²) in [6.45, 7) is 4.25. The first-order valence-electron chi connectivity index (χ1n) is 7.25. The van der Waals surface area contributed by atoms with E-state index < -0.39 is 10.8 Å². The molecule has 0 spiro atoms. The van der Waals surface area contributed by atoms with Crippen molar-refractivity contribution >= 4 is 10.8 Å². The second kappa shape index (κ2) is 6.67. The third-order valence-corrected chi connectivity index (χ3v) is 6.16. The molecule has 19 heavy (non-hydrogen) atoms. The first kappa shape index (κ1) is 14.7. The summed E-state index contributed by atoms with van der Waals surface area (Å²) in [5, 5.41) is 0.168. The van der Waals surface area contributed by atoms with Gasteiger partial charge in [-0.2, -0.15) is 0 Å². The highest BCUT2D eigenvalue weighted by atomic mass is 32.2. The van der Waals surface area contributed by atoms with Crippen molar-refractivity contribution in [2.45, 2.75) is 50.3 Å². The van der Waals surface area contributed by atoms with Gasteiger partial charge in [0, 0.05) is 22.6 Å². The molecule has 1 aliphatic rings. The van der Waals surface area contributed by atoms with Crippen LogP contribution in [0.3, 0.4) is 0 Å².